The predicted molar refractivity (Wildman–Crippen MR) is 54.6 cm³/mol. The number of hydrogen-bond donors (Lipinski definition) is 1. The van der Waals surface area contributed by atoms with Gasteiger partial charge in [-0.15, -0.1) is 0 Å². The molecule has 15 heavy (non-hydrogen) atoms. The number of carboxylic acids is 1. The first-order chi connectivity index (χ1) is 7.02. The Morgan fingerprint density at radius 2 is 2.20 bits per heavy atom. The molecule has 1 aromatic rings. The molecule has 0 aliphatic carbocycles. The molecule has 0 amide bonds. The molecule has 1 N–H and O–H groups in total. The smallest absolute Gasteiger partial charge is 0.356 e. The molecule has 80 valence electrons. The van der Waals surface area contributed by atoms with Crippen molar-refractivity contribution in [3.05, 3.63) is 28.0 Å². The summed E-state index contributed by atoms with van der Waals surface area (Å²) in [6, 6.07) is 3.01. The third-order valence-corrected chi connectivity index (χ3v) is 2.03. The fourth-order valence-electron chi connectivity index (χ4n) is 1.01. The summed E-state index contributed by atoms with van der Waals surface area (Å²) < 4.78 is 5.07. The summed E-state index contributed by atoms with van der Waals surface area (Å²) >= 11 is 3.16. The molecule has 1 heterocycles. The molecule has 0 radical (unpaired) electrons. The van der Waals surface area contributed by atoms with E-state index in [-0.39, 0.29) is 12.1 Å². The third-order valence-electron chi connectivity index (χ3n) is 1.57. The molecule has 1 rings (SSSR count). The van der Waals surface area contributed by atoms with Crippen LogP contribution in [0.15, 0.2) is 16.6 Å². The van der Waals surface area contributed by atoms with Crippen LogP contribution in [0, 0.1) is 0 Å². The van der Waals surface area contributed by atoms with Gasteiger partial charge in [-0.2, -0.15) is 0 Å². The lowest BCUT2D eigenvalue weighted by Crippen LogP contribution is -2.09. The second kappa shape index (κ2) is 4.88. The maximum atomic E-state index is 11.2. The van der Waals surface area contributed by atoms with Crippen LogP contribution in [0.1, 0.15) is 16.2 Å². The van der Waals surface area contributed by atoms with Crippen molar-refractivity contribution in [2.24, 2.45) is 0 Å². The minimum Gasteiger partial charge on any atom is -0.481 e. The molecular weight excluding hydrogens is 266 g/mol. The molecule has 0 saturated carbocycles. The van der Waals surface area contributed by atoms with Crippen LogP contribution < -0.4 is 0 Å². The summed E-state index contributed by atoms with van der Waals surface area (Å²) in [5.74, 6) is -1.60. The Kier molecular flexibility index (Phi) is 3.79. The zero-order chi connectivity index (χ0) is 11.4. The molecule has 0 aromatic carbocycles. The van der Waals surface area contributed by atoms with Crippen molar-refractivity contribution in [1.29, 1.82) is 0 Å². The highest BCUT2D eigenvalue weighted by Crippen LogP contribution is 2.14. The first-order valence-corrected chi connectivity index (χ1v) is 4.79. The van der Waals surface area contributed by atoms with Crippen molar-refractivity contribution in [2.45, 2.75) is 6.42 Å². The molecule has 6 heteroatoms. The minimum absolute atomic E-state index is 0.0862. The van der Waals surface area contributed by atoms with Crippen LogP contribution >= 0.6 is 15.9 Å². The highest BCUT2D eigenvalue weighted by atomic mass is 79.9. The fourth-order valence-corrected chi connectivity index (χ4v) is 1.49. The van der Waals surface area contributed by atoms with Gasteiger partial charge in [-0.05, 0) is 12.1 Å². The van der Waals surface area contributed by atoms with E-state index in [1.54, 1.807) is 6.07 Å². The number of ether oxygens (including phenoxy) is 1. The number of aliphatic carboxylic acids is 1. The summed E-state index contributed by atoms with van der Waals surface area (Å²) in [6.07, 6.45) is -0.233. The number of carbonyl (C=O) groups is 2. The number of rotatable bonds is 3. The van der Waals surface area contributed by atoms with Crippen LogP contribution in [-0.4, -0.2) is 29.1 Å². The van der Waals surface area contributed by atoms with Crippen molar-refractivity contribution in [3.8, 4) is 0 Å². The highest BCUT2D eigenvalue weighted by Gasteiger charge is 2.11. The van der Waals surface area contributed by atoms with Crippen molar-refractivity contribution in [2.75, 3.05) is 7.11 Å². The van der Waals surface area contributed by atoms with Crippen LogP contribution in [0.2, 0.25) is 0 Å². The second-order valence-electron chi connectivity index (χ2n) is 2.72. The van der Waals surface area contributed by atoms with Crippen molar-refractivity contribution >= 4 is 27.9 Å². The second-order valence-corrected chi connectivity index (χ2v) is 3.64. The van der Waals surface area contributed by atoms with Gasteiger partial charge in [-0.1, -0.05) is 15.9 Å². The summed E-state index contributed by atoms with van der Waals surface area (Å²) in [5, 5.41) is 8.57. The number of esters is 1. The number of aromatic nitrogens is 1. The van der Waals surface area contributed by atoms with E-state index in [1.165, 1.54) is 13.2 Å². The topological polar surface area (TPSA) is 76.5 Å². The number of halogens is 1. The normalized spacial score (nSPS) is 9.73. The molecule has 0 atom stereocenters. The summed E-state index contributed by atoms with van der Waals surface area (Å²) in [6.45, 7) is 0. The Hall–Kier alpha value is -1.43. The highest BCUT2D eigenvalue weighted by molar-refractivity contribution is 9.10. The monoisotopic (exact) mass is 273 g/mol. The molecule has 5 nitrogen and oxygen atoms in total. The van der Waals surface area contributed by atoms with Crippen molar-refractivity contribution in [3.63, 3.8) is 0 Å². The van der Waals surface area contributed by atoms with Gasteiger partial charge in [0.05, 0.1) is 19.2 Å². The lowest BCUT2D eigenvalue weighted by molar-refractivity contribution is -0.136. The SMILES string of the molecule is COC(=O)c1cc(Br)cc(CC(=O)O)n1. The van der Waals surface area contributed by atoms with Gasteiger partial charge >= 0.3 is 11.9 Å². The van der Waals surface area contributed by atoms with Gasteiger partial charge in [0.2, 0.25) is 0 Å². The van der Waals surface area contributed by atoms with E-state index in [0.29, 0.717) is 10.2 Å². The fraction of sp³-hybridized carbons (Fsp3) is 0.222. The minimum atomic E-state index is -1.00. The average molecular weight is 274 g/mol. The molecule has 0 unspecified atom stereocenters. The average Bonchev–Trinajstić information content (AvgIpc) is 2.14. The van der Waals surface area contributed by atoms with Gasteiger partial charge in [-0.3, -0.25) is 4.79 Å². The quantitative estimate of drug-likeness (QED) is 0.839. The molecule has 0 saturated heterocycles. The van der Waals surface area contributed by atoms with E-state index in [0.717, 1.165) is 0 Å². The molecule has 0 fully saturated rings. The van der Waals surface area contributed by atoms with Gasteiger partial charge in [0, 0.05) is 4.47 Å². The Balaban J connectivity index is 3.04. The summed E-state index contributed by atoms with van der Waals surface area (Å²) in [5.41, 5.74) is 0.389. The molecule has 0 spiro atoms. The summed E-state index contributed by atoms with van der Waals surface area (Å²) in [4.78, 5) is 25.5. The number of pyridine rings is 1. The van der Waals surface area contributed by atoms with Gasteiger partial charge in [0.15, 0.2) is 0 Å². The van der Waals surface area contributed by atoms with E-state index < -0.39 is 11.9 Å². The zero-order valence-corrected chi connectivity index (χ0v) is 9.44. The first kappa shape index (κ1) is 11.6. The van der Waals surface area contributed by atoms with E-state index in [2.05, 4.69) is 25.7 Å². The van der Waals surface area contributed by atoms with Gasteiger partial charge < -0.3 is 9.84 Å². The molecule has 0 bridgehead atoms. The molecule has 1 aromatic heterocycles. The number of nitrogens with zero attached hydrogens (tertiary/aromatic N) is 1. The van der Waals surface area contributed by atoms with Crippen LogP contribution in [0.4, 0.5) is 0 Å². The maximum Gasteiger partial charge on any atom is 0.356 e. The molecule has 0 aliphatic rings. The largest absolute Gasteiger partial charge is 0.481 e. The number of methoxy groups -OCH3 is 1. The number of hydrogen-bond acceptors (Lipinski definition) is 4. The van der Waals surface area contributed by atoms with Crippen LogP contribution in [0.25, 0.3) is 0 Å². The molecule has 0 aliphatic heterocycles. The Morgan fingerprint density at radius 3 is 2.73 bits per heavy atom. The number of carbonyl (C=O) groups excluding carboxylic acids is 1. The van der Waals surface area contributed by atoms with E-state index >= 15 is 0 Å². The third kappa shape index (κ3) is 3.32. The predicted octanol–water partition coefficient (Wildman–Crippen LogP) is 1.26. The first-order valence-electron chi connectivity index (χ1n) is 3.99. The maximum absolute atomic E-state index is 11.2. The Bertz CT molecular complexity index is 405. The van der Waals surface area contributed by atoms with Gasteiger partial charge in [0.25, 0.3) is 0 Å². The Labute approximate surface area is 94.2 Å². The van der Waals surface area contributed by atoms with E-state index in [9.17, 15) is 9.59 Å². The van der Waals surface area contributed by atoms with E-state index in [4.69, 9.17) is 5.11 Å². The molecular formula is C9H8BrNO4. The van der Waals surface area contributed by atoms with Crippen LogP contribution in [0.5, 0.6) is 0 Å². The van der Waals surface area contributed by atoms with Crippen molar-refractivity contribution in [1.82, 2.24) is 4.98 Å². The lowest BCUT2D eigenvalue weighted by atomic mass is 10.2. The van der Waals surface area contributed by atoms with E-state index in [1.807, 2.05) is 0 Å². The standard InChI is InChI=1S/C9H8BrNO4/c1-15-9(14)7-3-5(10)2-6(11-7)4-8(12)13/h2-3H,4H2,1H3,(H,12,13). The summed E-state index contributed by atoms with van der Waals surface area (Å²) in [7, 11) is 1.24. The van der Waals surface area contributed by atoms with Crippen molar-refractivity contribution < 1.29 is 19.4 Å². The Morgan fingerprint density at radius 1 is 1.53 bits per heavy atom. The zero-order valence-electron chi connectivity index (χ0n) is 7.86. The number of carboxylic acid groups (broad SMARTS) is 1. The van der Waals surface area contributed by atoms with Crippen LogP contribution in [0.3, 0.4) is 0 Å². The van der Waals surface area contributed by atoms with Gasteiger partial charge in [-0.25, -0.2) is 9.78 Å². The van der Waals surface area contributed by atoms with Crippen LogP contribution in [-0.2, 0) is 16.0 Å². The lowest BCUT2D eigenvalue weighted by Gasteiger charge is -2.02. The van der Waals surface area contributed by atoms with Gasteiger partial charge in [0.1, 0.15) is 5.69 Å².